The van der Waals surface area contributed by atoms with Crippen molar-refractivity contribution in [1.29, 1.82) is 0 Å². The molecule has 0 aromatic carbocycles. The Morgan fingerprint density at radius 1 is 1.21 bits per heavy atom. The predicted octanol–water partition coefficient (Wildman–Crippen LogP) is 1.86. The molecule has 14 heavy (non-hydrogen) atoms. The molecule has 0 aliphatic rings. The lowest BCUT2D eigenvalue weighted by Gasteiger charge is -2.21. The molecule has 0 aliphatic heterocycles. The van der Waals surface area contributed by atoms with E-state index in [2.05, 4.69) is 0 Å². The molecule has 0 saturated carbocycles. The van der Waals surface area contributed by atoms with Gasteiger partial charge in [-0.1, -0.05) is 27.7 Å². The van der Waals surface area contributed by atoms with E-state index >= 15 is 0 Å². The highest BCUT2D eigenvalue weighted by molar-refractivity contribution is 5.87. The lowest BCUT2D eigenvalue weighted by molar-refractivity contribution is -0.136. The number of rotatable bonds is 6. The van der Waals surface area contributed by atoms with Gasteiger partial charge in [0.1, 0.15) is 0 Å². The van der Waals surface area contributed by atoms with E-state index < -0.39 is 0 Å². The van der Waals surface area contributed by atoms with Crippen molar-refractivity contribution in [3.63, 3.8) is 0 Å². The van der Waals surface area contributed by atoms with Crippen LogP contribution in [0.4, 0.5) is 0 Å². The second kappa shape index (κ2) is 6.57. The molecule has 0 bridgehead atoms. The summed E-state index contributed by atoms with van der Waals surface area (Å²) in [6.07, 6.45) is 1.38. The minimum absolute atomic E-state index is 0.0130. The minimum Gasteiger partial charge on any atom is -0.335 e. The van der Waals surface area contributed by atoms with Gasteiger partial charge in [-0.15, -0.1) is 0 Å². The fourth-order valence-corrected chi connectivity index (χ4v) is 1.16. The lowest BCUT2D eigenvalue weighted by Crippen LogP contribution is -2.37. The Kier molecular flexibility index (Phi) is 6.17. The van der Waals surface area contributed by atoms with Crippen LogP contribution < -0.4 is 0 Å². The van der Waals surface area contributed by atoms with Crippen LogP contribution in [0.2, 0.25) is 0 Å². The number of hydrogen-bond donors (Lipinski definition) is 0. The van der Waals surface area contributed by atoms with Crippen molar-refractivity contribution in [2.45, 2.75) is 40.5 Å². The summed E-state index contributed by atoms with van der Waals surface area (Å²) in [4.78, 5) is 24.5. The van der Waals surface area contributed by atoms with Gasteiger partial charge in [-0.2, -0.15) is 0 Å². The first-order chi connectivity index (χ1) is 6.52. The first-order valence-corrected chi connectivity index (χ1v) is 5.33. The molecule has 3 heteroatoms. The SMILES string of the molecule is CCCN(CC(=O)C(C)C)C(=O)CC. The molecule has 82 valence electrons. The Morgan fingerprint density at radius 3 is 2.14 bits per heavy atom. The van der Waals surface area contributed by atoms with E-state index in [4.69, 9.17) is 0 Å². The molecule has 0 saturated heterocycles. The first-order valence-electron chi connectivity index (χ1n) is 5.33. The van der Waals surface area contributed by atoms with Crippen LogP contribution in [0.15, 0.2) is 0 Å². The third kappa shape index (κ3) is 4.40. The third-order valence-corrected chi connectivity index (χ3v) is 2.14. The molecular weight excluding hydrogens is 178 g/mol. The molecule has 0 aromatic heterocycles. The van der Waals surface area contributed by atoms with Crippen LogP contribution in [0, 0.1) is 5.92 Å². The topological polar surface area (TPSA) is 37.4 Å². The fraction of sp³-hybridized carbons (Fsp3) is 0.818. The highest BCUT2D eigenvalue weighted by Crippen LogP contribution is 2.01. The van der Waals surface area contributed by atoms with Gasteiger partial charge in [0.15, 0.2) is 5.78 Å². The maximum Gasteiger partial charge on any atom is 0.222 e. The number of hydrogen-bond acceptors (Lipinski definition) is 2. The Morgan fingerprint density at radius 2 is 1.79 bits per heavy atom. The molecule has 0 N–H and O–H groups in total. The van der Waals surface area contributed by atoms with E-state index in [0.717, 1.165) is 6.42 Å². The quantitative estimate of drug-likeness (QED) is 0.654. The van der Waals surface area contributed by atoms with Gasteiger partial charge in [0.05, 0.1) is 6.54 Å². The highest BCUT2D eigenvalue weighted by atomic mass is 16.2. The van der Waals surface area contributed by atoms with E-state index in [1.54, 1.807) is 4.90 Å². The number of amides is 1. The summed E-state index contributed by atoms with van der Waals surface area (Å²) in [5.74, 6) is 0.222. The fourth-order valence-electron chi connectivity index (χ4n) is 1.16. The van der Waals surface area contributed by atoms with Gasteiger partial charge in [0, 0.05) is 18.9 Å². The summed E-state index contributed by atoms with van der Waals surface area (Å²) in [5.41, 5.74) is 0. The molecule has 0 aromatic rings. The van der Waals surface area contributed by atoms with Crippen LogP contribution in [0.3, 0.4) is 0 Å². The lowest BCUT2D eigenvalue weighted by atomic mass is 10.1. The van der Waals surface area contributed by atoms with E-state index in [0.29, 0.717) is 13.0 Å². The summed E-state index contributed by atoms with van der Waals surface area (Å²) in [5, 5.41) is 0. The predicted molar refractivity (Wildman–Crippen MR) is 57.0 cm³/mol. The molecule has 0 aliphatic carbocycles. The van der Waals surface area contributed by atoms with Crippen molar-refractivity contribution in [2.75, 3.05) is 13.1 Å². The van der Waals surface area contributed by atoms with Gasteiger partial charge in [-0.3, -0.25) is 9.59 Å². The van der Waals surface area contributed by atoms with Gasteiger partial charge >= 0.3 is 0 Å². The maximum atomic E-state index is 11.5. The van der Waals surface area contributed by atoms with Crippen LogP contribution in [0.5, 0.6) is 0 Å². The number of carbonyl (C=O) groups is 2. The third-order valence-electron chi connectivity index (χ3n) is 2.14. The molecule has 0 atom stereocenters. The number of ketones is 1. The molecule has 0 unspecified atom stereocenters. The van der Waals surface area contributed by atoms with E-state index in [1.807, 2.05) is 27.7 Å². The Hall–Kier alpha value is -0.860. The number of nitrogens with zero attached hydrogens (tertiary/aromatic N) is 1. The zero-order valence-electron chi connectivity index (χ0n) is 9.67. The Bertz CT molecular complexity index is 197. The standard InChI is InChI=1S/C11H21NO2/c1-5-7-12(11(14)6-2)8-10(13)9(3)4/h9H,5-8H2,1-4H3. The largest absolute Gasteiger partial charge is 0.335 e. The van der Waals surface area contributed by atoms with Crippen LogP contribution in [-0.4, -0.2) is 29.7 Å². The smallest absolute Gasteiger partial charge is 0.222 e. The van der Waals surface area contributed by atoms with Crippen LogP contribution >= 0.6 is 0 Å². The van der Waals surface area contributed by atoms with Crippen LogP contribution in [0.1, 0.15) is 40.5 Å². The summed E-state index contributed by atoms with van der Waals surface area (Å²) in [7, 11) is 0. The molecule has 1 amide bonds. The molecule has 0 rings (SSSR count). The van der Waals surface area contributed by atoms with Crippen molar-refractivity contribution >= 4 is 11.7 Å². The molecule has 3 nitrogen and oxygen atoms in total. The maximum absolute atomic E-state index is 11.5. The van der Waals surface area contributed by atoms with E-state index in [-0.39, 0.29) is 24.2 Å². The van der Waals surface area contributed by atoms with Gasteiger partial charge in [0.2, 0.25) is 5.91 Å². The average molecular weight is 199 g/mol. The normalized spacial score (nSPS) is 10.4. The van der Waals surface area contributed by atoms with E-state index in [1.165, 1.54) is 0 Å². The van der Waals surface area contributed by atoms with Crippen molar-refractivity contribution in [3.05, 3.63) is 0 Å². The zero-order valence-corrected chi connectivity index (χ0v) is 9.67. The number of carbonyl (C=O) groups excluding carboxylic acids is 2. The van der Waals surface area contributed by atoms with Crippen LogP contribution in [0.25, 0.3) is 0 Å². The Balaban J connectivity index is 4.22. The zero-order chi connectivity index (χ0) is 11.1. The van der Waals surface area contributed by atoms with Gasteiger partial charge in [0.25, 0.3) is 0 Å². The van der Waals surface area contributed by atoms with E-state index in [9.17, 15) is 9.59 Å². The first kappa shape index (κ1) is 13.1. The second-order valence-corrected chi connectivity index (χ2v) is 3.79. The van der Waals surface area contributed by atoms with Gasteiger partial charge < -0.3 is 4.90 Å². The molecule has 0 radical (unpaired) electrons. The molecular formula is C11H21NO2. The summed E-state index contributed by atoms with van der Waals surface area (Å²) in [6, 6.07) is 0. The minimum atomic E-state index is 0.0130. The van der Waals surface area contributed by atoms with Crippen molar-refractivity contribution in [3.8, 4) is 0 Å². The molecule has 0 spiro atoms. The van der Waals surface area contributed by atoms with Gasteiger partial charge in [-0.25, -0.2) is 0 Å². The second-order valence-electron chi connectivity index (χ2n) is 3.79. The van der Waals surface area contributed by atoms with Gasteiger partial charge in [-0.05, 0) is 6.42 Å². The van der Waals surface area contributed by atoms with Crippen molar-refractivity contribution in [1.82, 2.24) is 4.90 Å². The summed E-state index contributed by atoms with van der Waals surface area (Å²) in [6.45, 7) is 8.52. The summed E-state index contributed by atoms with van der Waals surface area (Å²) >= 11 is 0. The average Bonchev–Trinajstić information content (AvgIpc) is 2.15. The Labute approximate surface area is 86.5 Å². The monoisotopic (exact) mass is 199 g/mol. The molecule has 0 heterocycles. The van der Waals surface area contributed by atoms with Crippen molar-refractivity contribution < 1.29 is 9.59 Å². The molecule has 0 fully saturated rings. The highest BCUT2D eigenvalue weighted by Gasteiger charge is 2.16. The summed E-state index contributed by atoms with van der Waals surface area (Å²) < 4.78 is 0. The number of Topliss-reactive ketones (excluding diaryl/α,β-unsaturated/α-hetero) is 1. The van der Waals surface area contributed by atoms with Crippen molar-refractivity contribution in [2.24, 2.45) is 5.92 Å². The van der Waals surface area contributed by atoms with Crippen LogP contribution in [-0.2, 0) is 9.59 Å².